The minimum atomic E-state index is -5.50. The number of ether oxygens (including phenoxy) is 2. The molecule has 2 N–H and O–H groups in total. The first-order chi connectivity index (χ1) is 25.6. The number of carboxylic acid groups (broad SMARTS) is 1. The summed E-state index contributed by atoms with van der Waals surface area (Å²) in [6.45, 7) is -6.30. The van der Waals surface area contributed by atoms with Gasteiger partial charge in [-0.15, -0.1) is 13.2 Å². The van der Waals surface area contributed by atoms with E-state index in [0.717, 1.165) is 20.8 Å². The Morgan fingerprint density at radius 2 is 1.71 bits per heavy atom. The van der Waals surface area contributed by atoms with Crippen LogP contribution in [0.3, 0.4) is 0 Å². The molecule has 2 aromatic rings. The zero-order valence-corrected chi connectivity index (χ0v) is 23.9. The number of rotatable bonds is 13. The topological polar surface area (TPSA) is 117 Å². The summed E-state index contributed by atoms with van der Waals surface area (Å²) in [6, 6.07) is -8.82. The van der Waals surface area contributed by atoms with Crippen LogP contribution >= 0.6 is 0 Å². The van der Waals surface area contributed by atoms with Crippen LogP contribution in [-0.2, 0) is 16.4 Å². The van der Waals surface area contributed by atoms with E-state index < -0.39 is 131 Å². The molecule has 0 saturated heterocycles. The second kappa shape index (κ2) is 14.0. The molecule has 3 atom stereocenters. The van der Waals surface area contributed by atoms with Gasteiger partial charge in [0.15, 0.2) is 0 Å². The quantitative estimate of drug-likeness (QED) is 0.287. The van der Waals surface area contributed by atoms with Gasteiger partial charge < -0.3 is 19.7 Å². The van der Waals surface area contributed by atoms with Crippen molar-refractivity contribution >= 4 is 16.1 Å². The molecule has 0 radical (unpaired) electrons. The average molecular weight is 635 g/mol. The molecule has 0 spiro atoms. The Balaban J connectivity index is 3.17. The predicted molar refractivity (Wildman–Crippen MR) is 152 cm³/mol. The van der Waals surface area contributed by atoms with Crippen LogP contribution in [0.4, 0.5) is 18.0 Å². The van der Waals surface area contributed by atoms with Crippen molar-refractivity contribution in [2.24, 2.45) is 5.92 Å². The normalized spacial score (nSPS) is 23.7. The highest BCUT2D eigenvalue weighted by atomic mass is 32.2. The van der Waals surface area contributed by atoms with E-state index in [2.05, 4.69) is 4.74 Å². The van der Waals surface area contributed by atoms with Crippen LogP contribution in [0.5, 0.6) is 11.5 Å². The Bertz CT molecular complexity index is 1940. The van der Waals surface area contributed by atoms with Crippen LogP contribution < -0.4 is 9.47 Å². The highest BCUT2D eigenvalue weighted by Crippen LogP contribution is 2.28. The van der Waals surface area contributed by atoms with Gasteiger partial charge in [-0.3, -0.25) is 4.90 Å². The van der Waals surface area contributed by atoms with E-state index in [1.165, 1.54) is 13.8 Å². The molecular formula is C29H41F3N2O7S. The van der Waals surface area contributed by atoms with E-state index in [1.54, 1.807) is 0 Å². The van der Waals surface area contributed by atoms with Crippen molar-refractivity contribution in [2.45, 2.75) is 89.7 Å². The molecule has 0 saturated carbocycles. The van der Waals surface area contributed by atoms with Gasteiger partial charge >= 0.3 is 12.5 Å². The largest absolute Gasteiger partial charge is 0.573 e. The van der Waals surface area contributed by atoms with Crippen LogP contribution in [0.15, 0.2) is 53.3 Å². The smallest absolute Gasteiger partial charge is 0.491 e. The fourth-order valence-corrected chi connectivity index (χ4v) is 4.66. The number of benzene rings is 2. The first-order valence-electron chi connectivity index (χ1n) is 20.0. The Labute approximate surface area is 268 Å². The minimum Gasteiger partial charge on any atom is -0.491 e. The summed E-state index contributed by atoms with van der Waals surface area (Å²) in [4.78, 5) is 11.7. The van der Waals surface area contributed by atoms with Crippen molar-refractivity contribution in [3.63, 3.8) is 0 Å². The molecule has 42 heavy (non-hydrogen) atoms. The van der Waals surface area contributed by atoms with Gasteiger partial charge in [-0.05, 0) is 88.7 Å². The molecule has 0 aromatic heterocycles. The van der Waals surface area contributed by atoms with E-state index in [0.29, 0.717) is 24.3 Å². The van der Waals surface area contributed by atoms with E-state index >= 15 is 0 Å². The summed E-state index contributed by atoms with van der Waals surface area (Å²) in [5, 5.41) is 22.6. The lowest BCUT2D eigenvalue weighted by molar-refractivity contribution is -0.274. The summed E-state index contributed by atoms with van der Waals surface area (Å²) in [5.41, 5.74) is -3.89. The molecule has 0 aliphatic rings. The zero-order valence-electron chi connectivity index (χ0n) is 39.0. The maximum absolute atomic E-state index is 14.1. The molecule has 13 heteroatoms. The van der Waals surface area contributed by atoms with Crippen molar-refractivity contribution in [1.29, 1.82) is 0 Å². The van der Waals surface area contributed by atoms with Crippen molar-refractivity contribution < 1.29 is 68.0 Å². The van der Waals surface area contributed by atoms with Crippen molar-refractivity contribution in [1.82, 2.24) is 9.21 Å². The molecule has 0 fully saturated rings. The first kappa shape index (κ1) is 17.9. The van der Waals surface area contributed by atoms with Crippen molar-refractivity contribution in [3.8, 4) is 11.5 Å². The van der Waals surface area contributed by atoms with Gasteiger partial charge in [0.2, 0.25) is 10.0 Å². The number of aliphatic hydroxyl groups is 1. The number of nitrogens with zero attached hydrogens (tertiary/aromatic N) is 2. The lowest BCUT2D eigenvalue weighted by atomic mass is 9.94. The number of carbonyl (C=O) groups is 1. The second-order valence-electron chi connectivity index (χ2n) is 9.84. The van der Waals surface area contributed by atoms with Gasteiger partial charge in [0.1, 0.15) is 11.5 Å². The highest BCUT2D eigenvalue weighted by Gasteiger charge is 2.40. The fourth-order valence-electron chi connectivity index (χ4n) is 3.23. The van der Waals surface area contributed by atoms with Crippen LogP contribution in [-0.4, -0.2) is 77.1 Å². The van der Waals surface area contributed by atoms with Crippen LogP contribution in [0.25, 0.3) is 0 Å². The van der Waals surface area contributed by atoms with E-state index in [9.17, 15) is 40.7 Å². The monoisotopic (exact) mass is 634 g/mol. The Kier molecular flexibility index (Phi) is 5.96. The van der Waals surface area contributed by atoms with Crippen LogP contribution in [0.1, 0.15) is 75.8 Å². The third kappa shape index (κ3) is 10.4. The van der Waals surface area contributed by atoms with Crippen LogP contribution in [0.2, 0.25) is 0 Å². The van der Waals surface area contributed by atoms with Gasteiger partial charge in [-0.1, -0.05) is 25.9 Å². The number of amides is 1. The number of alkyl halides is 3. The third-order valence-corrected chi connectivity index (χ3v) is 6.46. The third-order valence-electron chi connectivity index (χ3n) is 4.77. The molecule has 0 bridgehead atoms. The molecule has 1 amide bonds. The maximum atomic E-state index is 14.1. The maximum Gasteiger partial charge on any atom is 0.573 e. The van der Waals surface area contributed by atoms with Crippen molar-refractivity contribution in [2.75, 3.05) is 13.0 Å². The minimum absolute atomic E-state index is 0.272. The van der Waals surface area contributed by atoms with Gasteiger partial charge in [-0.2, -0.15) is 4.31 Å². The molecule has 0 heterocycles. The zero-order chi connectivity index (χ0) is 46.0. The lowest BCUT2D eigenvalue weighted by Crippen LogP contribution is -2.58. The molecule has 0 aliphatic carbocycles. The Morgan fingerprint density at radius 1 is 1.12 bits per heavy atom. The van der Waals surface area contributed by atoms with Crippen LogP contribution in [0, 0.1) is 5.92 Å². The molecule has 2 rings (SSSR count). The standard InChI is InChI=1S/C29H41F3N2O7S/c1-19(2)17-33(42(38,39)24-14-12-23(13-15-24)41-29(30,31)32)18-26(35)25(34(27(36)37)28(5,6)7)16-21-8-10-22(11-9-21)40-20(3)4/h8-15,19-20,25-26,35H,16-18H2,1-7H3,(H,36,37)/t25-,26+/m0/s1/i3D2,4D3,8D,9D,10D,11D,16D2,18D2,20D,25D,26D/t20?,25-,26+. The SMILES string of the molecule is [2H]c1c([2H])c(C([2H])([2H])[C@]([2H])(N(C(=O)O)C(C)(C)C)[C@]([2H])(O)C([2H])([2H])N(CC(C)C)S(=O)(=O)c2ccc(OC(F)(F)F)cc2)c([2H])c([2H])c1OC([2H])(C([2H])[2H])C([2H])([2H])[2H]. The number of hydrogen-bond donors (Lipinski definition) is 2. The average Bonchev–Trinajstić information content (AvgIpc) is 3.02. The number of sulfonamides is 1. The van der Waals surface area contributed by atoms with Crippen molar-refractivity contribution in [3.05, 3.63) is 54.0 Å². The Morgan fingerprint density at radius 3 is 2.17 bits per heavy atom. The van der Waals surface area contributed by atoms with E-state index in [-0.39, 0.29) is 9.21 Å². The molecule has 2 aromatic carbocycles. The van der Waals surface area contributed by atoms with E-state index in [1.807, 2.05) is 0 Å². The molecular weight excluding hydrogens is 577 g/mol. The Hall–Kier alpha value is -3.03. The van der Waals surface area contributed by atoms with Gasteiger partial charge in [0.05, 0.1) is 32.7 Å². The van der Waals surface area contributed by atoms with Gasteiger partial charge in [0, 0.05) is 30.9 Å². The van der Waals surface area contributed by atoms with Gasteiger partial charge in [-0.25, -0.2) is 13.2 Å². The summed E-state index contributed by atoms with van der Waals surface area (Å²) in [6.07, 6.45) is -20.3. The van der Waals surface area contributed by atoms with E-state index in [4.69, 9.17) is 22.6 Å². The predicted octanol–water partition coefficient (Wildman–Crippen LogP) is 5.77. The highest BCUT2D eigenvalue weighted by molar-refractivity contribution is 7.89. The molecule has 1 unspecified atom stereocenters. The molecule has 0 aliphatic heterocycles. The molecule has 9 nitrogen and oxygen atoms in total. The summed E-state index contributed by atoms with van der Waals surface area (Å²) in [7, 11) is -5.50. The van der Waals surface area contributed by atoms with Gasteiger partial charge in [0.25, 0.3) is 0 Å². The summed E-state index contributed by atoms with van der Waals surface area (Å²) < 4.78 is 210. The lowest BCUT2D eigenvalue weighted by Gasteiger charge is -2.42. The number of halogens is 3. The first-order valence-corrected chi connectivity index (χ1v) is 13.3. The second-order valence-corrected chi connectivity index (χ2v) is 11.7. The summed E-state index contributed by atoms with van der Waals surface area (Å²) in [5.74, 6) is -3.33. The fraction of sp³-hybridized carbons (Fsp3) is 0.552. The summed E-state index contributed by atoms with van der Waals surface area (Å²) >= 11 is 0. The molecule has 236 valence electrons. The number of hydrogen-bond acceptors (Lipinski definition) is 6.